The molecule has 0 aliphatic heterocycles. The number of hydrogen-bond acceptors (Lipinski definition) is 2. The third-order valence-electron chi connectivity index (χ3n) is 1.51. The Labute approximate surface area is 91.2 Å². The van der Waals surface area contributed by atoms with Crippen LogP contribution in [0.5, 0.6) is 11.5 Å². The molecule has 8 heteroatoms. The summed E-state index contributed by atoms with van der Waals surface area (Å²) in [5, 5.41) is 8.46. The van der Waals surface area contributed by atoms with Crippen molar-refractivity contribution in [2.24, 2.45) is 0 Å². The first-order chi connectivity index (χ1) is 7.15. The van der Waals surface area contributed by atoms with Crippen LogP contribution in [-0.2, 0) is 0 Å². The van der Waals surface area contributed by atoms with Gasteiger partial charge in [0.2, 0.25) is 0 Å². The highest BCUT2D eigenvalue weighted by molar-refractivity contribution is 6.32. The van der Waals surface area contributed by atoms with Gasteiger partial charge in [-0.3, -0.25) is 0 Å². The van der Waals surface area contributed by atoms with E-state index in [9.17, 15) is 22.0 Å². The zero-order valence-electron chi connectivity index (χ0n) is 7.36. The Morgan fingerprint density at radius 3 is 2.12 bits per heavy atom. The van der Waals surface area contributed by atoms with Crippen molar-refractivity contribution in [3.63, 3.8) is 0 Å². The molecular weight excluding hydrogens is 259 g/mol. The molecule has 0 heterocycles. The maximum absolute atomic E-state index is 12.5. The number of halogens is 6. The highest BCUT2D eigenvalue weighted by atomic mass is 35.5. The van der Waals surface area contributed by atoms with Crippen molar-refractivity contribution in [2.75, 3.05) is 0 Å². The average Bonchev–Trinajstić information content (AvgIpc) is 2.10. The summed E-state index contributed by atoms with van der Waals surface area (Å²) in [4.78, 5) is 0. The molecule has 0 aliphatic rings. The van der Waals surface area contributed by atoms with E-state index >= 15 is 0 Å². The van der Waals surface area contributed by atoms with Gasteiger partial charge in [0.05, 0.1) is 5.02 Å². The summed E-state index contributed by atoms with van der Waals surface area (Å²) in [6, 6.07) is 3.03. The zero-order valence-corrected chi connectivity index (χ0v) is 8.11. The predicted molar refractivity (Wildman–Crippen MR) is 44.7 cm³/mol. The Bertz CT molecular complexity index is 370. The van der Waals surface area contributed by atoms with E-state index in [-0.39, 0.29) is 0 Å². The number of alkyl halides is 5. The Hall–Kier alpha value is -1.24. The third kappa shape index (κ3) is 2.46. The van der Waals surface area contributed by atoms with Crippen molar-refractivity contribution < 1.29 is 31.8 Å². The van der Waals surface area contributed by atoms with Gasteiger partial charge in [0, 0.05) is 0 Å². The molecule has 16 heavy (non-hydrogen) atoms. The first-order valence-electron chi connectivity index (χ1n) is 3.76. The van der Waals surface area contributed by atoms with Crippen molar-refractivity contribution >= 4 is 11.6 Å². The lowest BCUT2D eigenvalue weighted by molar-refractivity contribution is -0.360. The van der Waals surface area contributed by atoms with E-state index in [1.807, 2.05) is 0 Å². The fourth-order valence-electron chi connectivity index (χ4n) is 0.785. The van der Waals surface area contributed by atoms with Gasteiger partial charge in [-0.05, 0) is 12.1 Å². The first-order valence-corrected chi connectivity index (χ1v) is 4.14. The minimum absolute atomic E-state index is 0.552. The summed E-state index contributed by atoms with van der Waals surface area (Å²) in [6.07, 6.45) is -11.3. The lowest BCUT2D eigenvalue weighted by atomic mass is 10.3. The summed E-state index contributed by atoms with van der Waals surface area (Å²) in [6.45, 7) is 0. The van der Waals surface area contributed by atoms with E-state index in [0.29, 0.717) is 0 Å². The zero-order chi connectivity index (χ0) is 12.6. The maximum Gasteiger partial charge on any atom is 0.499 e. The molecule has 0 unspecified atom stereocenters. The van der Waals surface area contributed by atoms with Crippen LogP contribution in [0.3, 0.4) is 0 Å². The van der Waals surface area contributed by atoms with Crippen LogP contribution >= 0.6 is 11.6 Å². The van der Waals surface area contributed by atoms with E-state index in [2.05, 4.69) is 4.74 Å². The topological polar surface area (TPSA) is 29.5 Å². The average molecular weight is 263 g/mol. The fraction of sp³-hybridized carbons (Fsp3) is 0.250. The molecule has 0 radical (unpaired) electrons. The van der Waals surface area contributed by atoms with Crippen LogP contribution in [0.15, 0.2) is 18.2 Å². The fourth-order valence-corrected chi connectivity index (χ4v) is 0.993. The molecule has 0 aliphatic carbocycles. The second-order valence-electron chi connectivity index (χ2n) is 2.70. The third-order valence-corrected chi connectivity index (χ3v) is 1.80. The van der Waals surface area contributed by atoms with Gasteiger partial charge in [0.15, 0.2) is 11.5 Å². The smallest absolute Gasteiger partial charge is 0.499 e. The van der Waals surface area contributed by atoms with E-state index < -0.39 is 28.8 Å². The number of ether oxygens (including phenoxy) is 1. The van der Waals surface area contributed by atoms with E-state index in [1.165, 1.54) is 0 Å². The molecule has 1 aromatic rings. The molecule has 0 amide bonds. The summed E-state index contributed by atoms with van der Waals surface area (Å²) < 4.78 is 63.7. The van der Waals surface area contributed by atoms with Crippen molar-refractivity contribution in [3.8, 4) is 11.5 Å². The molecule has 2 nitrogen and oxygen atoms in total. The minimum Gasteiger partial charge on any atom is -0.504 e. The number of rotatable bonds is 2. The maximum atomic E-state index is 12.5. The quantitative estimate of drug-likeness (QED) is 0.826. The number of aromatic hydroxyl groups is 1. The van der Waals surface area contributed by atoms with Crippen molar-refractivity contribution in [1.29, 1.82) is 0 Å². The highest BCUT2D eigenvalue weighted by Crippen LogP contribution is 2.42. The second kappa shape index (κ2) is 3.97. The lowest BCUT2D eigenvalue weighted by Gasteiger charge is -2.21. The Morgan fingerprint density at radius 2 is 1.69 bits per heavy atom. The first kappa shape index (κ1) is 12.8. The minimum atomic E-state index is -5.89. The largest absolute Gasteiger partial charge is 0.504 e. The predicted octanol–water partition coefficient (Wildman–Crippen LogP) is 3.58. The van der Waals surface area contributed by atoms with Crippen molar-refractivity contribution in [3.05, 3.63) is 23.2 Å². The van der Waals surface area contributed by atoms with Gasteiger partial charge in [0.1, 0.15) is 0 Å². The van der Waals surface area contributed by atoms with E-state index in [0.717, 1.165) is 18.2 Å². The summed E-state index contributed by atoms with van der Waals surface area (Å²) in [5.74, 6) is -2.03. The molecular formula is C8H4ClF5O2. The van der Waals surface area contributed by atoms with Gasteiger partial charge in [0.25, 0.3) is 0 Å². The van der Waals surface area contributed by atoms with E-state index in [4.69, 9.17) is 16.7 Å². The Balaban J connectivity index is 3.06. The molecule has 1 aromatic carbocycles. The van der Waals surface area contributed by atoms with Gasteiger partial charge in [-0.1, -0.05) is 17.7 Å². The molecule has 1 N–H and O–H groups in total. The van der Waals surface area contributed by atoms with Gasteiger partial charge in [-0.2, -0.15) is 22.0 Å². The summed E-state index contributed by atoms with van der Waals surface area (Å²) in [5.41, 5.74) is 0. The van der Waals surface area contributed by atoms with Crippen LogP contribution in [0.1, 0.15) is 0 Å². The van der Waals surface area contributed by atoms with Gasteiger partial charge in [-0.15, -0.1) is 0 Å². The summed E-state index contributed by atoms with van der Waals surface area (Å²) in [7, 11) is 0. The molecule has 0 spiro atoms. The number of phenolic OH excluding ortho intramolecular Hbond substituents is 1. The molecule has 0 saturated heterocycles. The lowest BCUT2D eigenvalue weighted by Crippen LogP contribution is -2.41. The second-order valence-corrected chi connectivity index (χ2v) is 3.11. The highest BCUT2D eigenvalue weighted by Gasteiger charge is 2.61. The van der Waals surface area contributed by atoms with Crippen molar-refractivity contribution in [2.45, 2.75) is 12.3 Å². The normalized spacial score (nSPS) is 12.6. The van der Waals surface area contributed by atoms with Crippen molar-refractivity contribution in [1.82, 2.24) is 0 Å². The van der Waals surface area contributed by atoms with Crippen LogP contribution in [0.25, 0.3) is 0 Å². The molecule has 0 fully saturated rings. The number of benzene rings is 1. The van der Waals surface area contributed by atoms with Crippen LogP contribution in [0.4, 0.5) is 22.0 Å². The Morgan fingerprint density at radius 1 is 1.12 bits per heavy atom. The summed E-state index contributed by atoms with van der Waals surface area (Å²) >= 11 is 5.30. The molecule has 0 saturated carbocycles. The molecule has 1 rings (SSSR count). The molecule has 0 bridgehead atoms. The number of para-hydroxylation sites is 1. The molecule has 0 atom stereocenters. The molecule has 90 valence electrons. The van der Waals surface area contributed by atoms with Crippen LogP contribution in [-0.4, -0.2) is 17.4 Å². The number of hydrogen-bond donors (Lipinski definition) is 1. The van der Waals surface area contributed by atoms with Crippen LogP contribution in [0.2, 0.25) is 5.02 Å². The Kier molecular flexibility index (Phi) is 3.18. The van der Waals surface area contributed by atoms with E-state index in [1.54, 1.807) is 0 Å². The van der Waals surface area contributed by atoms with Gasteiger partial charge in [-0.25, -0.2) is 0 Å². The SMILES string of the molecule is Oc1cccc(Cl)c1OC(F)(F)C(F)(F)F. The van der Waals surface area contributed by atoms with Crippen LogP contribution < -0.4 is 4.74 Å². The van der Waals surface area contributed by atoms with Gasteiger partial charge < -0.3 is 9.84 Å². The standard InChI is InChI=1S/C8H4ClF5O2/c9-4-2-1-3-5(15)6(4)16-8(13,14)7(10,11)12/h1-3,15H. The van der Waals surface area contributed by atoms with Crippen LogP contribution in [0, 0.1) is 0 Å². The van der Waals surface area contributed by atoms with Gasteiger partial charge >= 0.3 is 12.3 Å². The molecule has 0 aromatic heterocycles. The number of phenols is 1. The monoisotopic (exact) mass is 262 g/mol.